The number of aryl methyl sites for hydroxylation is 1. The number of hydrogen-bond acceptors (Lipinski definition) is 3. The van der Waals surface area contributed by atoms with E-state index < -0.39 is 0 Å². The molecule has 1 heterocycles. The highest BCUT2D eigenvalue weighted by molar-refractivity contribution is 7.11. The predicted molar refractivity (Wildman–Crippen MR) is 70.9 cm³/mol. The molecule has 1 atom stereocenters. The standard InChI is InChI=1S/C13H20N2OS/c1-2-10-5-6-11(17-10)8-15-13(16)7-12(14)9-3-4-9/h5-6,9,12H,2-4,7-8,14H2,1H3,(H,15,16). The van der Waals surface area contributed by atoms with Gasteiger partial charge >= 0.3 is 0 Å². The highest BCUT2D eigenvalue weighted by Crippen LogP contribution is 2.32. The first kappa shape index (κ1) is 12.6. The van der Waals surface area contributed by atoms with E-state index in [1.807, 2.05) is 0 Å². The number of amides is 1. The Hall–Kier alpha value is -0.870. The summed E-state index contributed by atoms with van der Waals surface area (Å²) in [4.78, 5) is 14.2. The maximum Gasteiger partial charge on any atom is 0.221 e. The summed E-state index contributed by atoms with van der Waals surface area (Å²) in [7, 11) is 0. The Morgan fingerprint density at radius 2 is 2.24 bits per heavy atom. The van der Waals surface area contributed by atoms with E-state index in [0.29, 0.717) is 18.9 Å². The van der Waals surface area contributed by atoms with Crippen LogP contribution in [0.15, 0.2) is 12.1 Å². The number of carbonyl (C=O) groups is 1. The number of hydrogen-bond donors (Lipinski definition) is 2. The third-order valence-corrected chi connectivity index (χ3v) is 4.40. The van der Waals surface area contributed by atoms with Crippen molar-refractivity contribution < 1.29 is 4.79 Å². The summed E-state index contributed by atoms with van der Waals surface area (Å²) >= 11 is 1.77. The fraction of sp³-hybridized carbons (Fsp3) is 0.615. The Morgan fingerprint density at radius 3 is 2.82 bits per heavy atom. The second kappa shape index (κ2) is 5.65. The van der Waals surface area contributed by atoms with Crippen LogP contribution >= 0.6 is 11.3 Å². The van der Waals surface area contributed by atoms with E-state index in [9.17, 15) is 4.79 Å². The van der Waals surface area contributed by atoms with Gasteiger partial charge in [-0.3, -0.25) is 4.79 Å². The van der Waals surface area contributed by atoms with Crippen LogP contribution in [0.5, 0.6) is 0 Å². The number of nitrogens with two attached hydrogens (primary N) is 1. The molecule has 17 heavy (non-hydrogen) atoms. The van der Waals surface area contributed by atoms with E-state index in [4.69, 9.17) is 5.73 Å². The number of thiophene rings is 1. The summed E-state index contributed by atoms with van der Waals surface area (Å²) < 4.78 is 0. The fourth-order valence-corrected chi connectivity index (χ4v) is 2.77. The van der Waals surface area contributed by atoms with Gasteiger partial charge in [-0.15, -0.1) is 11.3 Å². The van der Waals surface area contributed by atoms with Gasteiger partial charge < -0.3 is 11.1 Å². The Bertz CT molecular complexity index is 385. The first-order valence-electron chi connectivity index (χ1n) is 6.29. The summed E-state index contributed by atoms with van der Waals surface area (Å²) in [6.45, 7) is 2.78. The van der Waals surface area contributed by atoms with Crippen LogP contribution in [0.1, 0.15) is 35.9 Å². The molecule has 0 aliphatic heterocycles. The molecule has 3 nitrogen and oxygen atoms in total. The van der Waals surface area contributed by atoms with Gasteiger partial charge in [0.25, 0.3) is 0 Å². The maximum atomic E-state index is 11.6. The van der Waals surface area contributed by atoms with Crippen molar-refractivity contribution >= 4 is 17.2 Å². The molecule has 0 saturated heterocycles. The average molecular weight is 252 g/mol. The van der Waals surface area contributed by atoms with E-state index in [1.54, 1.807) is 11.3 Å². The monoisotopic (exact) mass is 252 g/mol. The first-order chi connectivity index (χ1) is 8.19. The van der Waals surface area contributed by atoms with Crippen LogP contribution in [0.4, 0.5) is 0 Å². The van der Waals surface area contributed by atoms with Crippen molar-refractivity contribution in [1.29, 1.82) is 0 Å². The minimum absolute atomic E-state index is 0.0598. The second-order valence-corrected chi connectivity index (χ2v) is 5.96. The van der Waals surface area contributed by atoms with Crippen molar-refractivity contribution in [1.82, 2.24) is 5.32 Å². The van der Waals surface area contributed by atoms with Gasteiger partial charge in [-0.05, 0) is 37.3 Å². The van der Waals surface area contributed by atoms with Gasteiger partial charge in [0.1, 0.15) is 0 Å². The lowest BCUT2D eigenvalue weighted by Gasteiger charge is -2.09. The molecule has 1 aromatic heterocycles. The van der Waals surface area contributed by atoms with Gasteiger partial charge in [0.2, 0.25) is 5.91 Å². The molecule has 1 aliphatic carbocycles. The minimum Gasteiger partial charge on any atom is -0.351 e. The molecule has 94 valence electrons. The van der Waals surface area contributed by atoms with Gasteiger partial charge in [-0.1, -0.05) is 6.92 Å². The van der Waals surface area contributed by atoms with Crippen molar-refractivity contribution in [3.63, 3.8) is 0 Å². The van der Waals surface area contributed by atoms with Gasteiger partial charge in [-0.25, -0.2) is 0 Å². The van der Waals surface area contributed by atoms with Crippen molar-refractivity contribution in [2.24, 2.45) is 11.7 Å². The normalized spacial score (nSPS) is 16.8. The minimum atomic E-state index is 0.0598. The Balaban J connectivity index is 1.71. The Kier molecular flexibility index (Phi) is 4.18. The van der Waals surface area contributed by atoms with Gasteiger partial charge in [0, 0.05) is 22.2 Å². The highest BCUT2D eigenvalue weighted by Gasteiger charge is 2.29. The number of nitrogens with one attached hydrogen (secondary N) is 1. The second-order valence-electron chi connectivity index (χ2n) is 4.70. The molecule has 2 rings (SSSR count). The number of rotatable bonds is 6. The zero-order valence-corrected chi connectivity index (χ0v) is 11.1. The molecule has 0 aromatic carbocycles. The zero-order chi connectivity index (χ0) is 12.3. The first-order valence-corrected chi connectivity index (χ1v) is 7.10. The van der Waals surface area contributed by atoms with Crippen LogP contribution < -0.4 is 11.1 Å². The summed E-state index contributed by atoms with van der Waals surface area (Å²) in [5.74, 6) is 0.671. The van der Waals surface area contributed by atoms with Crippen LogP contribution in [-0.2, 0) is 17.8 Å². The zero-order valence-electron chi connectivity index (χ0n) is 10.2. The van der Waals surface area contributed by atoms with Gasteiger partial charge in [-0.2, -0.15) is 0 Å². The lowest BCUT2D eigenvalue weighted by atomic mass is 10.1. The van der Waals surface area contributed by atoms with Gasteiger partial charge in [0.15, 0.2) is 0 Å². The van der Waals surface area contributed by atoms with E-state index in [0.717, 1.165) is 6.42 Å². The lowest BCUT2D eigenvalue weighted by molar-refractivity contribution is -0.121. The van der Waals surface area contributed by atoms with Crippen LogP contribution in [-0.4, -0.2) is 11.9 Å². The Labute approximate surface area is 106 Å². The molecule has 3 N–H and O–H groups in total. The molecule has 1 aliphatic rings. The molecule has 4 heteroatoms. The van der Waals surface area contributed by atoms with Crippen LogP contribution in [0.25, 0.3) is 0 Å². The fourth-order valence-electron chi connectivity index (χ4n) is 1.87. The highest BCUT2D eigenvalue weighted by atomic mass is 32.1. The molecule has 1 aromatic rings. The third-order valence-electron chi connectivity index (χ3n) is 3.17. The Morgan fingerprint density at radius 1 is 1.53 bits per heavy atom. The molecule has 1 unspecified atom stereocenters. The molecule has 1 saturated carbocycles. The van der Waals surface area contributed by atoms with Crippen molar-refractivity contribution in [2.45, 2.75) is 45.2 Å². The molecule has 1 fully saturated rings. The smallest absolute Gasteiger partial charge is 0.221 e. The van der Waals surface area contributed by atoms with E-state index >= 15 is 0 Å². The largest absolute Gasteiger partial charge is 0.351 e. The predicted octanol–water partition coefficient (Wildman–Crippen LogP) is 2.05. The van der Waals surface area contributed by atoms with Crippen LogP contribution in [0, 0.1) is 5.92 Å². The molecule has 0 spiro atoms. The van der Waals surface area contributed by atoms with Crippen LogP contribution in [0.2, 0.25) is 0 Å². The molecule has 0 bridgehead atoms. The van der Waals surface area contributed by atoms with E-state index in [1.165, 1.54) is 22.6 Å². The van der Waals surface area contributed by atoms with Crippen LogP contribution in [0.3, 0.4) is 0 Å². The van der Waals surface area contributed by atoms with E-state index in [-0.39, 0.29) is 11.9 Å². The maximum absolute atomic E-state index is 11.6. The summed E-state index contributed by atoms with van der Waals surface area (Å²) in [5, 5.41) is 2.94. The number of carbonyl (C=O) groups excluding carboxylic acids is 1. The topological polar surface area (TPSA) is 55.1 Å². The quantitative estimate of drug-likeness (QED) is 0.814. The van der Waals surface area contributed by atoms with Crippen molar-refractivity contribution in [2.75, 3.05) is 0 Å². The molecule has 0 radical (unpaired) electrons. The molecule has 1 amide bonds. The summed E-state index contributed by atoms with van der Waals surface area (Å²) in [6.07, 6.45) is 3.92. The third kappa shape index (κ3) is 3.82. The SMILES string of the molecule is CCc1ccc(CNC(=O)CC(N)C2CC2)s1. The van der Waals surface area contributed by atoms with Crippen molar-refractivity contribution in [3.05, 3.63) is 21.9 Å². The van der Waals surface area contributed by atoms with E-state index in [2.05, 4.69) is 24.4 Å². The lowest BCUT2D eigenvalue weighted by Crippen LogP contribution is -2.32. The summed E-state index contributed by atoms with van der Waals surface area (Å²) in [5.41, 5.74) is 5.92. The molecular weight excluding hydrogens is 232 g/mol. The summed E-state index contributed by atoms with van der Waals surface area (Å²) in [6, 6.07) is 4.27. The van der Waals surface area contributed by atoms with Crippen molar-refractivity contribution in [3.8, 4) is 0 Å². The molecular formula is C13H20N2OS. The van der Waals surface area contributed by atoms with Gasteiger partial charge in [0.05, 0.1) is 6.54 Å². The average Bonchev–Trinajstić information content (AvgIpc) is 3.06.